The molecule has 0 saturated carbocycles. The number of pyridine rings is 1. The van der Waals surface area contributed by atoms with E-state index in [-0.39, 0.29) is 22.2 Å². The Hall–Kier alpha value is 0.320. The Labute approximate surface area is 97.6 Å². The van der Waals surface area contributed by atoms with Crippen molar-refractivity contribution in [1.82, 2.24) is 4.98 Å². The molecule has 0 amide bonds. The SMILES string of the molecule is FC(F)c1ncc(I)c(Cl)c1CCl. The van der Waals surface area contributed by atoms with E-state index in [0.717, 1.165) is 0 Å². The fourth-order valence-electron chi connectivity index (χ4n) is 0.833. The van der Waals surface area contributed by atoms with E-state index in [1.165, 1.54) is 6.20 Å². The van der Waals surface area contributed by atoms with Gasteiger partial charge in [0.15, 0.2) is 0 Å². The van der Waals surface area contributed by atoms with E-state index >= 15 is 0 Å². The molecule has 6 heteroatoms. The first-order valence-electron chi connectivity index (χ1n) is 3.24. The monoisotopic (exact) mass is 337 g/mol. The molecular formula is C7H4Cl2F2IN. The number of hydrogen-bond donors (Lipinski definition) is 0. The minimum absolute atomic E-state index is 0.0532. The smallest absolute Gasteiger partial charge is 0.254 e. The summed E-state index contributed by atoms with van der Waals surface area (Å²) in [5.41, 5.74) is -0.120. The van der Waals surface area contributed by atoms with Crippen molar-refractivity contribution in [2.75, 3.05) is 0 Å². The highest BCUT2D eigenvalue weighted by atomic mass is 127. The quantitative estimate of drug-likeness (QED) is 0.587. The Kier molecular flexibility index (Phi) is 4.12. The van der Waals surface area contributed by atoms with Gasteiger partial charge in [-0.05, 0) is 22.6 Å². The molecule has 13 heavy (non-hydrogen) atoms. The number of nitrogens with zero attached hydrogens (tertiary/aromatic N) is 1. The van der Waals surface area contributed by atoms with Gasteiger partial charge in [0.05, 0.1) is 14.5 Å². The van der Waals surface area contributed by atoms with Crippen molar-refractivity contribution in [2.45, 2.75) is 12.3 Å². The van der Waals surface area contributed by atoms with E-state index in [4.69, 9.17) is 23.2 Å². The summed E-state index contributed by atoms with van der Waals surface area (Å²) in [6.45, 7) is 0. The van der Waals surface area contributed by atoms with Crippen LogP contribution in [-0.2, 0) is 5.88 Å². The van der Waals surface area contributed by atoms with Crippen LogP contribution in [0.2, 0.25) is 5.02 Å². The molecule has 1 rings (SSSR count). The predicted molar refractivity (Wildman–Crippen MR) is 56.5 cm³/mol. The highest BCUT2D eigenvalue weighted by Crippen LogP contribution is 2.30. The molecule has 1 aromatic heterocycles. The summed E-state index contributed by atoms with van der Waals surface area (Å²) in [4.78, 5) is 3.58. The van der Waals surface area contributed by atoms with Gasteiger partial charge in [-0.3, -0.25) is 4.98 Å². The predicted octanol–water partition coefficient (Wildman–Crippen LogP) is 4.02. The Morgan fingerprint density at radius 3 is 2.62 bits per heavy atom. The first-order chi connectivity index (χ1) is 6.07. The lowest BCUT2D eigenvalue weighted by atomic mass is 10.2. The molecule has 1 heterocycles. The summed E-state index contributed by atoms with van der Waals surface area (Å²) in [5.74, 6) is -0.0532. The second kappa shape index (κ2) is 4.70. The molecule has 0 aromatic carbocycles. The van der Waals surface area contributed by atoms with E-state index in [9.17, 15) is 8.78 Å². The third-order valence-corrected chi connectivity index (χ3v) is 3.28. The van der Waals surface area contributed by atoms with Crippen molar-refractivity contribution in [1.29, 1.82) is 0 Å². The number of rotatable bonds is 2. The van der Waals surface area contributed by atoms with Gasteiger partial charge in [-0.25, -0.2) is 8.78 Å². The zero-order chi connectivity index (χ0) is 10.0. The van der Waals surface area contributed by atoms with Crippen molar-refractivity contribution < 1.29 is 8.78 Å². The second-order valence-corrected chi connectivity index (χ2v) is 4.03. The summed E-state index contributed by atoms with van der Waals surface area (Å²) in [6, 6.07) is 0. The molecule has 0 unspecified atom stereocenters. The third-order valence-electron chi connectivity index (χ3n) is 1.44. The van der Waals surface area contributed by atoms with Gasteiger partial charge in [-0.15, -0.1) is 11.6 Å². The summed E-state index contributed by atoms with van der Waals surface area (Å²) in [6.07, 6.45) is -1.33. The van der Waals surface area contributed by atoms with Crippen molar-refractivity contribution in [3.05, 3.63) is 26.0 Å². The Balaban J connectivity index is 3.30. The Morgan fingerprint density at radius 1 is 1.54 bits per heavy atom. The lowest BCUT2D eigenvalue weighted by Crippen LogP contribution is -1.99. The summed E-state index contributed by atoms with van der Waals surface area (Å²) >= 11 is 13.2. The van der Waals surface area contributed by atoms with Gasteiger partial charge < -0.3 is 0 Å². The molecule has 0 aliphatic heterocycles. The van der Waals surface area contributed by atoms with E-state index in [0.29, 0.717) is 3.57 Å². The molecule has 1 aromatic rings. The van der Waals surface area contributed by atoms with Gasteiger partial charge in [-0.2, -0.15) is 0 Å². The van der Waals surface area contributed by atoms with Crippen LogP contribution in [0, 0.1) is 3.57 Å². The number of alkyl halides is 3. The second-order valence-electron chi connectivity index (χ2n) is 2.22. The number of aromatic nitrogens is 1. The Bertz CT molecular complexity index is 320. The van der Waals surface area contributed by atoms with Gasteiger partial charge in [0.25, 0.3) is 6.43 Å². The maximum Gasteiger partial charge on any atom is 0.280 e. The maximum atomic E-state index is 12.3. The molecule has 0 aliphatic carbocycles. The minimum Gasteiger partial charge on any atom is -0.254 e. The van der Waals surface area contributed by atoms with E-state index in [1.54, 1.807) is 0 Å². The molecule has 0 atom stereocenters. The largest absolute Gasteiger partial charge is 0.280 e. The molecule has 72 valence electrons. The lowest BCUT2D eigenvalue weighted by Gasteiger charge is -2.07. The number of halogens is 5. The highest BCUT2D eigenvalue weighted by Gasteiger charge is 2.18. The molecule has 0 fully saturated rings. The zero-order valence-corrected chi connectivity index (χ0v) is 9.87. The molecule has 0 N–H and O–H groups in total. The molecule has 0 aliphatic rings. The van der Waals surface area contributed by atoms with Crippen LogP contribution >= 0.6 is 45.8 Å². The van der Waals surface area contributed by atoms with Crippen LogP contribution in [0.4, 0.5) is 8.78 Å². The average molecular weight is 338 g/mol. The van der Waals surface area contributed by atoms with Crippen molar-refractivity contribution in [2.24, 2.45) is 0 Å². The van der Waals surface area contributed by atoms with E-state index in [2.05, 4.69) is 4.98 Å². The maximum absolute atomic E-state index is 12.3. The van der Waals surface area contributed by atoms with Crippen molar-refractivity contribution in [3.63, 3.8) is 0 Å². The van der Waals surface area contributed by atoms with Gasteiger partial charge in [0.2, 0.25) is 0 Å². The molecule has 0 saturated heterocycles. The third kappa shape index (κ3) is 2.41. The fourth-order valence-corrected chi connectivity index (χ4v) is 1.85. The molecular weight excluding hydrogens is 334 g/mol. The van der Waals surface area contributed by atoms with Gasteiger partial charge in [-0.1, -0.05) is 11.6 Å². The standard InChI is InChI=1S/C7H4Cl2F2IN/c8-1-3-5(9)4(12)2-13-6(3)7(10)11/h2,7H,1H2. The molecule has 1 nitrogen and oxygen atoms in total. The molecule has 0 radical (unpaired) electrons. The van der Waals surface area contributed by atoms with Crippen molar-refractivity contribution in [3.8, 4) is 0 Å². The average Bonchev–Trinajstić information content (AvgIpc) is 2.09. The Morgan fingerprint density at radius 2 is 2.15 bits per heavy atom. The van der Waals surface area contributed by atoms with Crippen LogP contribution in [0.3, 0.4) is 0 Å². The minimum atomic E-state index is -2.64. The molecule has 0 bridgehead atoms. The van der Waals surface area contributed by atoms with E-state index in [1.807, 2.05) is 22.6 Å². The van der Waals surface area contributed by atoms with Gasteiger partial charge in [0, 0.05) is 11.8 Å². The van der Waals surface area contributed by atoms with Gasteiger partial charge in [0.1, 0.15) is 5.69 Å². The van der Waals surface area contributed by atoms with Crippen LogP contribution in [-0.4, -0.2) is 4.98 Å². The summed E-state index contributed by atoms with van der Waals surface area (Å²) in [7, 11) is 0. The van der Waals surface area contributed by atoms with Crippen molar-refractivity contribution >= 4 is 45.8 Å². The highest BCUT2D eigenvalue weighted by molar-refractivity contribution is 14.1. The van der Waals surface area contributed by atoms with Crippen LogP contribution < -0.4 is 0 Å². The normalized spacial score (nSPS) is 10.9. The summed E-state index contributed by atoms with van der Waals surface area (Å²) < 4.78 is 25.3. The first-order valence-corrected chi connectivity index (χ1v) is 5.24. The molecule has 0 spiro atoms. The van der Waals surface area contributed by atoms with Crippen LogP contribution in [0.25, 0.3) is 0 Å². The van der Waals surface area contributed by atoms with Crippen LogP contribution in [0.15, 0.2) is 6.20 Å². The first kappa shape index (κ1) is 11.4. The van der Waals surface area contributed by atoms with Crippen LogP contribution in [0.1, 0.15) is 17.7 Å². The topological polar surface area (TPSA) is 12.9 Å². The van der Waals surface area contributed by atoms with E-state index < -0.39 is 6.43 Å². The summed E-state index contributed by atoms with van der Waals surface area (Å²) in [5, 5.41) is 0.265. The fraction of sp³-hybridized carbons (Fsp3) is 0.286. The van der Waals surface area contributed by atoms with Gasteiger partial charge >= 0.3 is 0 Å². The van der Waals surface area contributed by atoms with Crippen LogP contribution in [0.5, 0.6) is 0 Å². The zero-order valence-electron chi connectivity index (χ0n) is 6.20. The number of hydrogen-bond acceptors (Lipinski definition) is 1. The lowest BCUT2D eigenvalue weighted by molar-refractivity contribution is 0.145.